The van der Waals surface area contributed by atoms with Crippen molar-refractivity contribution in [2.24, 2.45) is 0 Å². The topological polar surface area (TPSA) is 53.1 Å². The van der Waals surface area contributed by atoms with Gasteiger partial charge in [0, 0.05) is 19.6 Å². The zero-order valence-electron chi connectivity index (χ0n) is 15.5. The lowest BCUT2D eigenvalue weighted by Gasteiger charge is -2.36. The van der Waals surface area contributed by atoms with E-state index in [4.69, 9.17) is 4.74 Å². The number of halogens is 1. The van der Waals surface area contributed by atoms with Crippen molar-refractivity contribution in [2.75, 3.05) is 38.1 Å². The van der Waals surface area contributed by atoms with Crippen LogP contribution in [0.1, 0.15) is 20.3 Å². The van der Waals surface area contributed by atoms with Crippen molar-refractivity contribution in [3.8, 4) is 0 Å². The van der Waals surface area contributed by atoms with Crippen molar-refractivity contribution >= 4 is 17.5 Å². The van der Waals surface area contributed by atoms with E-state index in [0.29, 0.717) is 31.7 Å². The molecular weight excluding hydrogens is 337 g/mol. The first-order valence-corrected chi connectivity index (χ1v) is 9.06. The number of nitrogens with zero attached hydrogens (tertiary/aromatic N) is 3. The van der Waals surface area contributed by atoms with Crippen LogP contribution in [-0.2, 0) is 14.3 Å². The average molecular weight is 363 g/mol. The zero-order chi connectivity index (χ0) is 18.8. The highest BCUT2D eigenvalue weighted by atomic mass is 19.1. The van der Waals surface area contributed by atoms with Gasteiger partial charge in [0.2, 0.25) is 11.8 Å². The van der Waals surface area contributed by atoms with E-state index in [9.17, 15) is 14.0 Å². The Morgan fingerprint density at radius 1 is 1.27 bits per heavy atom. The molecule has 2 aliphatic rings. The van der Waals surface area contributed by atoms with Crippen LogP contribution in [0.3, 0.4) is 0 Å². The number of ether oxygens (including phenoxy) is 1. The van der Waals surface area contributed by atoms with Gasteiger partial charge >= 0.3 is 0 Å². The quantitative estimate of drug-likeness (QED) is 0.814. The number of rotatable bonds is 4. The minimum absolute atomic E-state index is 0.00774. The van der Waals surface area contributed by atoms with E-state index in [2.05, 4.69) is 0 Å². The van der Waals surface area contributed by atoms with E-state index in [0.717, 1.165) is 0 Å². The molecule has 0 aromatic heterocycles. The van der Waals surface area contributed by atoms with Gasteiger partial charge in [-0.05, 0) is 39.4 Å². The van der Waals surface area contributed by atoms with Gasteiger partial charge < -0.3 is 14.5 Å². The number of hydrogen-bond acceptors (Lipinski definition) is 4. The molecule has 3 rings (SSSR count). The Morgan fingerprint density at radius 2 is 1.92 bits per heavy atom. The highest BCUT2D eigenvalue weighted by molar-refractivity contribution is 5.99. The molecule has 3 unspecified atom stereocenters. The molecule has 2 saturated heterocycles. The second-order valence-electron chi connectivity index (χ2n) is 7.22. The molecule has 0 N–H and O–H groups in total. The van der Waals surface area contributed by atoms with Crippen LogP contribution in [0.5, 0.6) is 0 Å². The number of para-hydroxylation sites is 1. The molecule has 0 bridgehead atoms. The van der Waals surface area contributed by atoms with E-state index in [1.54, 1.807) is 35.0 Å². The highest BCUT2D eigenvalue weighted by Gasteiger charge is 2.37. The molecular formula is C19H26FN3O3. The van der Waals surface area contributed by atoms with Gasteiger partial charge in [-0.15, -0.1) is 0 Å². The Bertz CT molecular complexity index is 674. The third-order valence-corrected chi connectivity index (χ3v) is 5.01. The number of anilines is 1. The number of hydrogen-bond donors (Lipinski definition) is 0. The third kappa shape index (κ3) is 3.88. The fourth-order valence-electron chi connectivity index (χ4n) is 3.79. The smallest absolute Gasteiger partial charge is 0.244 e. The van der Waals surface area contributed by atoms with Gasteiger partial charge in [-0.3, -0.25) is 14.5 Å². The van der Waals surface area contributed by atoms with Gasteiger partial charge in [0.25, 0.3) is 0 Å². The first-order chi connectivity index (χ1) is 12.4. The fourth-order valence-corrected chi connectivity index (χ4v) is 3.79. The normalized spacial score (nSPS) is 26.7. The molecule has 2 amide bonds. The SMILES string of the molecule is CC1CN(C(=O)CN(C)C2CCN(c3ccccc3F)C2=O)CC(C)O1. The lowest BCUT2D eigenvalue weighted by atomic mass is 10.2. The largest absolute Gasteiger partial charge is 0.372 e. The summed E-state index contributed by atoms with van der Waals surface area (Å²) in [5.74, 6) is -0.572. The van der Waals surface area contributed by atoms with Crippen LogP contribution in [-0.4, -0.2) is 73.1 Å². The first-order valence-electron chi connectivity index (χ1n) is 9.06. The summed E-state index contributed by atoms with van der Waals surface area (Å²) in [7, 11) is 1.78. The van der Waals surface area contributed by atoms with Crippen LogP contribution >= 0.6 is 0 Å². The number of amides is 2. The molecule has 1 aromatic carbocycles. The first kappa shape index (κ1) is 18.8. The van der Waals surface area contributed by atoms with Crippen LogP contribution in [0.2, 0.25) is 0 Å². The van der Waals surface area contributed by atoms with Gasteiger partial charge in [0.1, 0.15) is 5.82 Å². The van der Waals surface area contributed by atoms with Crippen molar-refractivity contribution in [2.45, 2.75) is 38.5 Å². The van der Waals surface area contributed by atoms with E-state index in [1.807, 2.05) is 13.8 Å². The third-order valence-electron chi connectivity index (χ3n) is 5.01. The standard InChI is InChI=1S/C19H26FN3O3/c1-13-10-22(11-14(2)26-13)18(24)12-21(3)17-8-9-23(19(17)25)16-7-5-4-6-15(16)20/h4-7,13-14,17H,8-12H2,1-3H3. The zero-order valence-corrected chi connectivity index (χ0v) is 15.5. The predicted molar refractivity (Wildman–Crippen MR) is 96.4 cm³/mol. The molecule has 26 heavy (non-hydrogen) atoms. The lowest BCUT2D eigenvalue weighted by molar-refractivity contribution is -0.144. The molecule has 2 fully saturated rings. The second-order valence-corrected chi connectivity index (χ2v) is 7.22. The summed E-state index contributed by atoms with van der Waals surface area (Å²) in [6.07, 6.45) is 0.600. The Balaban J connectivity index is 1.62. The van der Waals surface area contributed by atoms with E-state index in [1.165, 1.54) is 11.0 Å². The highest BCUT2D eigenvalue weighted by Crippen LogP contribution is 2.26. The van der Waals surface area contributed by atoms with E-state index >= 15 is 0 Å². The molecule has 0 saturated carbocycles. The fraction of sp³-hybridized carbons (Fsp3) is 0.579. The lowest BCUT2D eigenvalue weighted by Crippen LogP contribution is -2.52. The maximum Gasteiger partial charge on any atom is 0.244 e. The van der Waals surface area contributed by atoms with Gasteiger partial charge in [-0.25, -0.2) is 4.39 Å². The number of carbonyl (C=O) groups is 2. The Kier molecular flexibility index (Phi) is 5.58. The predicted octanol–water partition coefficient (Wildman–Crippen LogP) is 1.50. The average Bonchev–Trinajstić information content (AvgIpc) is 2.96. The van der Waals surface area contributed by atoms with E-state index in [-0.39, 0.29) is 30.6 Å². The number of benzene rings is 1. The van der Waals surface area contributed by atoms with Crippen molar-refractivity contribution in [3.63, 3.8) is 0 Å². The molecule has 142 valence electrons. The summed E-state index contributed by atoms with van der Waals surface area (Å²) in [5, 5.41) is 0. The van der Waals surface area contributed by atoms with Crippen molar-refractivity contribution in [1.82, 2.24) is 9.80 Å². The Morgan fingerprint density at radius 3 is 2.58 bits per heavy atom. The van der Waals surface area contributed by atoms with E-state index < -0.39 is 11.9 Å². The molecule has 2 aliphatic heterocycles. The molecule has 6 nitrogen and oxygen atoms in total. The minimum atomic E-state index is -0.408. The molecule has 2 heterocycles. The molecule has 0 spiro atoms. The second kappa shape index (κ2) is 7.72. The molecule has 0 radical (unpaired) electrons. The number of likely N-dealkylation sites (N-methyl/N-ethyl adjacent to an activating group) is 1. The van der Waals surface area contributed by atoms with Gasteiger partial charge in [0.05, 0.1) is 30.5 Å². The number of morpholine rings is 1. The molecule has 7 heteroatoms. The number of carbonyl (C=O) groups excluding carboxylic acids is 2. The maximum atomic E-state index is 14.0. The summed E-state index contributed by atoms with van der Waals surface area (Å²) in [6.45, 7) is 5.66. The van der Waals surface area contributed by atoms with Gasteiger partial charge in [-0.1, -0.05) is 12.1 Å². The van der Waals surface area contributed by atoms with Crippen LogP contribution in [0, 0.1) is 5.82 Å². The van der Waals surface area contributed by atoms with Crippen molar-refractivity contribution < 1.29 is 18.7 Å². The minimum Gasteiger partial charge on any atom is -0.372 e. The summed E-state index contributed by atoms with van der Waals surface area (Å²) in [6, 6.07) is 5.87. The van der Waals surface area contributed by atoms with Gasteiger partial charge in [0.15, 0.2) is 0 Å². The Labute approximate surface area is 153 Å². The monoisotopic (exact) mass is 363 g/mol. The molecule has 1 aromatic rings. The summed E-state index contributed by atoms with van der Waals surface area (Å²) in [5.41, 5.74) is 0.301. The summed E-state index contributed by atoms with van der Waals surface area (Å²) >= 11 is 0. The summed E-state index contributed by atoms with van der Waals surface area (Å²) < 4.78 is 19.6. The molecule has 3 atom stereocenters. The maximum absolute atomic E-state index is 14.0. The molecule has 0 aliphatic carbocycles. The van der Waals surface area contributed by atoms with Crippen molar-refractivity contribution in [1.29, 1.82) is 0 Å². The van der Waals surface area contributed by atoms with Gasteiger partial charge in [-0.2, -0.15) is 0 Å². The van der Waals surface area contributed by atoms with Crippen molar-refractivity contribution in [3.05, 3.63) is 30.1 Å². The van der Waals surface area contributed by atoms with Crippen LogP contribution < -0.4 is 4.90 Å². The Hall–Kier alpha value is -1.99. The summed E-state index contributed by atoms with van der Waals surface area (Å²) in [4.78, 5) is 30.4. The van der Waals surface area contributed by atoms with Crippen LogP contribution in [0.25, 0.3) is 0 Å². The van der Waals surface area contributed by atoms with Crippen LogP contribution in [0.15, 0.2) is 24.3 Å². The van der Waals surface area contributed by atoms with Crippen LogP contribution in [0.4, 0.5) is 10.1 Å².